The van der Waals surface area contributed by atoms with E-state index in [1.807, 2.05) is 0 Å². The highest BCUT2D eigenvalue weighted by Gasteiger charge is 2.19. The van der Waals surface area contributed by atoms with Crippen LogP contribution >= 0.6 is 15.9 Å². The Morgan fingerprint density at radius 3 is 2.69 bits per heavy atom. The summed E-state index contributed by atoms with van der Waals surface area (Å²) in [6.45, 7) is 0. The minimum absolute atomic E-state index is 0.00694. The lowest BCUT2D eigenvalue weighted by Crippen LogP contribution is -2.11. The van der Waals surface area contributed by atoms with Crippen molar-refractivity contribution in [2.75, 3.05) is 0 Å². The molecule has 0 aromatic heterocycles. The number of halogens is 2. The lowest BCUT2D eigenvalue weighted by atomic mass is 10.1. The van der Waals surface area contributed by atoms with Crippen LogP contribution in [0.15, 0.2) is 22.7 Å². The fourth-order valence-corrected chi connectivity index (χ4v) is 1.35. The predicted molar refractivity (Wildman–Crippen MR) is 46.7 cm³/mol. The third kappa shape index (κ3) is 2.05. The van der Waals surface area contributed by atoms with Crippen LogP contribution in [-0.2, 0) is 4.79 Å². The van der Waals surface area contributed by atoms with Crippen LogP contribution in [0.2, 0.25) is 0 Å². The molecule has 1 aromatic rings. The Morgan fingerprint density at radius 1 is 1.54 bits per heavy atom. The minimum atomic E-state index is -1.70. The molecular weight excluding hydrogens is 243 g/mol. The van der Waals surface area contributed by atoms with Gasteiger partial charge >= 0.3 is 5.97 Å². The monoisotopic (exact) mass is 248 g/mol. The molecular formula is C8H6BrFO3. The van der Waals surface area contributed by atoms with Crippen molar-refractivity contribution in [2.24, 2.45) is 0 Å². The summed E-state index contributed by atoms with van der Waals surface area (Å²) in [5.74, 6) is -2.01. The van der Waals surface area contributed by atoms with Crippen molar-refractivity contribution in [3.63, 3.8) is 0 Å². The summed E-state index contributed by atoms with van der Waals surface area (Å²) in [6.07, 6.45) is -1.70. The van der Waals surface area contributed by atoms with Gasteiger partial charge in [-0.3, -0.25) is 0 Å². The van der Waals surface area contributed by atoms with Crippen molar-refractivity contribution in [1.82, 2.24) is 0 Å². The molecule has 13 heavy (non-hydrogen) atoms. The maximum Gasteiger partial charge on any atom is 0.337 e. The summed E-state index contributed by atoms with van der Waals surface area (Å²) in [5, 5.41) is 17.6. The number of aliphatic hydroxyl groups is 1. The summed E-state index contributed by atoms with van der Waals surface area (Å²) in [5.41, 5.74) is 0.00694. The van der Waals surface area contributed by atoms with Gasteiger partial charge in [0.15, 0.2) is 6.10 Å². The molecule has 0 amide bonds. The summed E-state index contributed by atoms with van der Waals surface area (Å²) in [6, 6.07) is 3.84. The second-order valence-corrected chi connectivity index (χ2v) is 3.18. The largest absolute Gasteiger partial charge is 0.479 e. The standard InChI is InChI=1S/C8H6BrFO3/c9-6-4(7(11)8(12)13)2-1-3-5(6)10/h1-3,7,11H,(H,12,13)/t7-/m1/s1. The average Bonchev–Trinajstić information content (AvgIpc) is 2.08. The van der Waals surface area contributed by atoms with E-state index in [-0.39, 0.29) is 10.0 Å². The SMILES string of the molecule is O=C(O)[C@H](O)c1cccc(F)c1Br. The van der Waals surface area contributed by atoms with E-state index in [0.717, 1.165) is 0 Å². The molecule has 1 rings (SSSR count). The molecule has 0 aliphatic carbocycles. The third-order valence-corrected chi connectivity index (χ3v) is 2.35. The van der Waals surface area contributed by atoms with Gasteiger partial charge in [0.05, 0.1) is 4.47 Å². The Morgan fingerprint density at radius 2 is 2.15 bits per heavy atom. The number of carboxylic acid groups (broad SMARTS) is 1. The van der Waals surface area contributed by atoms with E-state index in [4.69, 9.17) is 10.2 Å². The number of hydrogen-bond donors (Lipinski definition) is 2. The highest BCUT2D eigenvalue weighted by atomic mass is 79.9. The second kappa shape index (κ2) is 3.85. The topological polar surface area (TPSA) is 57.5 Å². The van der Waals surface area contributed by atoms with Crippen LogP contribution in [0.5, 0.6) is 0 Å². The molecule has 1 atom stereocenters. The van der Waals surface area contributed by atoms with Crippen molar-refractivity contribution >= 4 is 21.9 Å². The van der Waals surface area contributed by atoms with Gasteiger partial charge in [0.1, 0.15) is 5.82 Å². The number of aliphatic hydroxyl groups excluding tert-OH is 1. The first-order valence-corrected chi connectivity index (χ1v) is 4.18. The first-order chi connectivity index (χ1) is 6.04. The van der Waals surface area contributed by atoms with Gasteiger partial charge in [-0.2, -0.15) is 0 Å². The molecule has 0 fully saturated rings. The van der Waals surface area contributed by atoms with Crippen LogP contribution in [-0.4, -0.2) is 16.2 Å². The van der Waals surface area contributed by atoms with Crippen molar-refractivity contribution in [2.45, 2.75) is 6.10 Å². The van der Waals surface area contributed by atoms with Crippen molar-refractivity contribution in [1.29, 1.82) is 0 Å². The number of aliphatic carboxylic acids is 1. The predicted octanol–water partition coefficient (Wildman–Crippen LogP) is 1.71. The molecule has 0 saturated carbocycles. The van der Waals surface area contributed by atoms with Crippen LogP contribution in [0.25, 0.3) is 0 Å². The van der Waals surface area contributed by atoms with Crippen molar-refractivity contribution in [3.05, 3.63) is 34.1 Å². The summed E-state index contributed by atoms with van der Waals surface area (Å²) >= 11 is 2.85. The first kappa shape index (κ1) is 10.1. The van der Waals surface area contributed by atoms with Crippen LogP contribution in [0.4, 0.5) is 4.39 Å². The normalized spacial score (nSPS) is 12.5. The van der Waals surface area contributed by atoms with Gasteiger partial charge in [-0.05, 0) is 22.0 Å². The molecule has 0 aliphatic rings. The highest BCUT2D eigenvalue weighted by Crippen LogP contribution is 2.25. The van der Waals surface area contributed by atoms with Crippen LogP contribution < -0.4 is 0 Å². The average molecular weight is 249 g/mol. The Bertz CT molecular complexity index is 340. The van der Waals surface area contributed by atoms with Crippen LogP contribution in [0.3, 0.4) is 0 Å². The van der Waals surface area contributed by atoms with E-state index in [1.54, 1.807) is 0 Å². The molecule has 2 N–H and O–H groups in total. The Labute approximate surface area is 81.9 Å². The van der Waals surface area contributed by atoms with E-state index >= 15 is 0 Å². The van der Waals surface area contributed by atoms with Gasteiger partial charge in [0.2, 0.25) is 0 Å². The Hall–Kier alpha value is -0.940. The van der Waals surface area contributed by atoms with Crippen LogP contribution in [0.1, 0.15) is 11.7 Å². The molecule has 5 heteroatoms. The lowest BCUT2D eigenvalue weighted by molar-refractivity contribution is -0.147. The van der Waals surface area contributed by atoms with E-state index < -0.39 is 17.9 Å². The molecule has 1 aromatic carbocycles. The van der Waals surface area contributed by atoms with Crippen LogP contribution in [0, 0.1) is 5.82 Å². The molecule has 0 saturated heterocycles. The first-order valence-electron chi connectivity index (χ1n) is 3.39. The quantitative estimate of drug-likeness (QED) is 0.838. The zero-order valence-electron chi connectivity index (χ0n) is 6.37. The zero-order valence-corrected chi connectivity index (χ0v) is 7.95. The lowest BCUT2D eigenvalue weighted by Gasteiger charge is -2.07. The van der Waals surface area contributed by atoms with Gasteiger partial charge in [-0.1, -0.05) is 12.1 Å². The molecule has 0 radical (unpaired) electrons. The molecule has 0 unspecified atom stereocenters. The molecule has 0 heterocycles. The number of benzene rings is 1. The molecule has 0 aliphatic heterocycles. The Balaban J connectivity index is 3.15. The van der Waals surface area contributed by atoms with E-state index in [1.165, 1.54) is 18.2 Å². The van der Waals surface area contributed by atoms with Gasteiger partial charge in [-0.15, -0.1) is 0 Å². The minimum Gasteiger partial charge on any atom is -0.479 e. The number of rotatable bonds is 2. The molecule has 0 bridgehead atoms. The van der Waals surface area contributed by atoms with E-state index in [2.05, 4.69) is 15.9 Å². The smallest absolute Gasteiger partial charge is 0.337 e. The van der Waals surface area contributed by atoms with Gasteiger partial charge in [0.25, 0.3) is 0 Å². The van der Waals surface area contributed by atoms with Gasteiger partial charge < -0.3 is 10.2 Å². The fraction of sp³-hybridized carbons (Fsp3) is 0.125. The fourth-order valence-electron chi connectivity index (χ4n) is 0.865. The zero-order chi connectivity index (χ0) is 10.0. The number of hydrogen-bond acceptors (Lipinski definition) is 2. The number of carbonyl (C=O) groups is 1. The molecule has 0 spiro atoms. The highest BCUT2D eigenvalue weighted by molar-refractivity contribution is 9.10. The van der Waals surface area contributed by atoms with E-state index in [9.17, 15) is 9.18 Å². The third-order valence-electron chi connectivity index (χ3n) is 1.51. The second-order valence-electron chi connectivity index (χ2n) is 2.38. The summed E-state index contributed by atoms with van der Waals surface area (Å²) in [4.78, 5) is 10.4. The van der Waals surface area contributed by atoms with Gasteiger partial charge in [0, 0.05) is 5.56 Å². The summed E-state index contributed by atoms with van der Waals surface area (Å²) in [7, 11) is 0. The van der Waals surface area contributed by atoms with Crippen molar-refractivity contribution < 1.29 is 19.4 Å². The molecule has 70 valence electrons. The maximum atomic E-state index is 12.9. The maximum absolute atomic E-state index is 12.9. The van der Waals surface area contributed by atoms with Crippen molar-refractivity contribution in [3.8, 4) is 0 Å². The van der Waals surface area contributed by atoms with Gasteiger partial charge in [-0.25, -0.2) is 9.18 Å². The Kier molecular flexibility index (Phi) is 3.00. The number of carboxylic acids is 1. The van der Waals surface area contributed by atoms with E-state index in [0.29, 0.717) is 0 Å². The molecule has 3 nitrogen and oxygen atoms in total. The summed E-state index contributed by atoms with van der Waals surface area (Å²) < 4.78 is 12.8.